The average molecular weight is 328 g/mol. The minimum Gasteiger partial charge on any atom is -0.308 e. The van der Waals surface area contributed by atoms with Crippen molar-refractivity contribution in [1.82, 2.24) is 24.6 Å². The Morgan fingerprint density at radius 1 is 1.13 bits per heavy atom. The van der Waals surface area contributed by atoms with E-state index in [-0.39, 0.29) is 0 Å². The Bertz CT molecular complexity index is 765. The molecule has 3 rings (SSSR count). The van der Waals surface area contributed by atoms with Crippen LogP contribution in [0.3, 0.4) is 0 Å². The van der Waals surface area contributed by atoms with Gasteiger partial charge in [-0.2, -0.15) is 5.10 Å². The van der Waals surface area contributed by atoms with Crippen molar-refractivity contribution in [3.05, 3.63) is 54.1 Å². The van der Waals surface area contributed by atoms with E-state index in [0.29, 0.717) is 0 Å². The molecule has 0 aliphatic heterocycles. The van der Waals surface area contributed by atoms with Crippen LogP contribution < -0.4 is 0 Å². The summed E-state index contributed by atoms with van der Waals surface area (Å²) in [4.78, 5) is 10.5. The topological polar surface area (TPSA) is 46.8 Å². The SMILES string of the molecule is CN(C)CCn1ncc(-c2ccncn2)c1-c1ccc(Cl)cc1. The molecule has 118 valence electrons. The van der Waals surface area contributed by atoms with E-state index in [4.69, 9.17) is 11.6 Å². The second-order valence-corrected chi connectivity index (χ2v) is 5.97. The highest BCUT2D eigenvalue weighted by Gasteiger charge is 2.15. The normalized spacial score (nSPS) is 11.1. The first-order valence-electron chi connectivity index (χ1n) is 7.38. The predicted octanol–water partition coefficient (Wildman–Crippen LogP) is 3.22. The lowest BCUT2D eigenvalue weighted by atomic mass is 10.1. The molecule has 0 unspecified atom stereocenters. The molecule has 3 aromatic rings. The Kier molecular flexibility index (Phi) is 4.69. The first-order chi connectivity index (χ1) is 11.1. The van der Waals surface area contributed by atoms with Gasteiger partial charge in [-0.1, -0.05) is 23.7 Å². The molecule has 0 radical (unpaired) electrons. The van der Waals surface area contributed by atoms with Gasteiger partial charge in [-0.05, 0) is 32.3 Å². The molecule has 0 fully saturated rings. The van der Waals surface area contributed by atoms with Crippen LogP contribution in [0.5, 0.6) is 0 Å². The maximum absolute atomic E-state index is 6.02. The molecule has 0 N–H and O–H groups in total. The van der Waals surface area contributed by atoms with Gasteiger partial charge in [0.25, 0.3) is 0 Å². The van der Waals surface area contributed by atoms with E-state index < -0.39 is 0 Å². The molecule has 0 bridgehead atoms. The van der Waals surface area contributed by atoms with E-state index in [2.05, 4.69) is 34.1 Å². The Morgan fingerprint density at radius 2 is 1.91 bits per heavy atom. The van der Waals surface area contributed by atoms with E-state index in [9.17, 15) is 0 Å². The van der Waals surface area contributed by atoms with Gasteiger partial charge in [0, 0.05) is 28.9 Å². The Labute approximate surface area is 140 Å². The van der Waals surface area contributed by atoms with Crippen LogP contribution in [0.1, 0.15) is 0 Å². The largest absolute Gasteiger partial charge is 0.308 e. The van der Waals surface area contributed by atoms with Crippen LogP contribution in [-0.4, -0.2) is 45.3 Å². The number of aromatic nitrogens is 4. The molecule has 5 nitrogen and oxygen atoms in total. The molecule has 0 spiro atoms. The van der Waals surface area contributed by atoms with Gasteiger partial charge in [-0.25, -0.2) is 9.97 Å². The minimum absolute atomic E-state index is 0.719. The van der Waals surface area contributed by atoms with Crippen molar-refractivity contribution in [2.75, 3.05) is 20.6 Å². The molecule has 0 aliphatic rings. The first kappa shape index (κ1) is 15.6. The smallest absolute Gasteiger partial charge is 0.116 e. The number of hydrogen-bond acceptors (Lipinski definition) is 4. The summed E-state index contributed by atoms with van der Waals surface area (Å²) in [5.74, 6) is 0. The summed E-state index contributed by atoms with van der Waals surface area (Å²) in [6, 6.07) is 9.70. The fourth-order valence-corrected chi connectivity index (χ4v) is 2.53. The van der Waals surface area contributed by atoms with E-state index in [1.165, 1.54) is 0 Å². The van der Waals surface area contributed by atoms with Crippen LogP contribution in [0.4, 0.5) is 0 Å². The third-order valence-corrected chi connectivity index (χ3v) is 3.83. The van der Waals surface area contributed by atoms with E-state index in [1.54, 1.807) is 12.5 Å². The lowest BCUT2D eigenvalue weighted by Crippen LogP contribution is -2.19. The molecule has 0 saturated carbocycles. The van der Waals surface area contributed by atoms with E-state index in [0.717, 1.165) is 40.6 Å². The number of nitrogens with zero attached hydrogens (tertiary/aromatic N) is 5. The fraction of sp³-hybridized carbons (Fsp3) is 0.235. The first-order valence-corrected chi connectivity index (χ1v) is 7.76. The predicted molar refractivity (Wildman–Crippen MR) is 92.3 cm³/mol. The number of benzene rings is 1. The maximum atomic E-state index is 6.02. The van der Waals surface area contributed by atoms with Gasteiger partial charge in [0.05, 0.1) is 24.1 Å². The zero-order valence-corrected chi connectivity index (χ0v) is 13.9. The Morgan fingerprint density at radius 3 is 2.57 bits per heavy atom. The zero-order valence-electron chi connectivity index (χ0n) is 13.1. The highest BCUT2D eigenvalue weighted by Crippen LogP contribution is 2.31. The monoisotopic (exact) mass is 327 g/mol. The number of likely N-dealkylation sites (N-methyl/N-ethyl adjacent to an activating group) is 1. The van der Waals surface area contributed by atoms with Gasteiger partial charge >= 0.3 is 0 Å². The standard InChI is InChI=1S/C17H18ClN5/c1-22(2)9-10-23-17(13-3-5-14(18)6-4-13)15(11-21-23)16-7-8-19-12-20-16/h3-8,11-12H,9-10H2,1-2H3. The van der Waals surface area contributed by atoms with Gasteiger partial charge < -0.3 is 4.90 Å². The lowest BCUT2D eigenvalue weighted by Gasteiger charge is -2.13. The molecule has 6 heteroatoms. The van der Waals surface area contributed by atoms with Crippen molar-refractivity contribution in [1.29, 1.82) is 0 Å². The molecular formula is C17H18ClN5. The van der Waals surface area contributed by atoms with Gasteiger partial charge in [0.2, 0.25) is 0 Å². The van der Waals surface area contributed by atoms with Crippen LogP contribution in [0, 0.1) is 0 Å². The minimum atomic E-state index is 0.719. The second kappa shape index (κ2) is 6.89. The molecule has 1 aromatic carbocycles. The summed E-state index contributed by atoms with van der Waals surface area (Å²) < 4.78 is 2.01. The molecule has 23 heavy (non-hydrogen) atoms. The van der Waals surface area contributed by atoms with Crippen molar-refractivity contribution in [2.45, 2.75) is 6.54 Å². The van der Waals surface area contributed by atoms with E-state index >= 15 is 0 Å². The highest BCUT2D eigenvalue weighted by molar-refractivity contribution is 6.30. The molecule has 0 saturated heterocycles. The van der Waals surface area contributed by atoms with Crippen molar-refractivity contribution < 1.29 is 0 Å². The molecule has 2 heterocycles. The molecule has 0 atom stereocenters. The quantitative estimate of drug-likeness (QED) is 0.722. The van der Waals surface area contributed by atoms with Crippen LogP contribution in [0.25, 0.3) is 22.5 Å². The van der Waals surface area contributed by atoms with Gasteiger partial charge in [0.15, 0.2) is 0 Å². The van der Waals surface area contributed by atoms with Gasteiger partial charge in [-0.15, -0.1) is 0 Å². The van der Waals surface area contributed by atoms with Crippen molar-refractivity contribution >= 4 is 11.6 Å². The molecular weight excluding hydrogens is 310 g/mol. The number of halogens is 1. The summed E-state index contributed by atoms with van der Waals surface area (Å²) >= 11 is 6.02. The molecule has 0 amide bonds. The summed E-state index contributed by atoms with van der Waals surface area (Å²) in [5, 5.41) is 5.28. The summed E-state index contributed by atoms with van der Waals surface area (Å²) in [5.41, 5.74) is 3.97. The lowest BCUT2D eigenvalue weighted by molar-refractivity contribution is 0.374. The number of rotatable bonds is 5. The second-order valence-electron chi connectivity index (χ2n) is 5.53. The van der Waals surface area contributed by atoms with Gasteiger partial charge in [-0.3, -0.25) is 4.68 Å². The van der Waals surface area contributed by atoms with Crippen LogP contribution in [0.2, 0.25) is 5.02 Å². The molecule has 0 aliphatic carbocycles. The van der Waals surface area contributed by atoms with Crippen LogP contribution >= 0.6 is 11.6 Å². The number of hydrogen-bond donors (Lipinski definition) is 0. The fourth-order valence-electron chi connectivity index (χ4n) is 2.40. The summed E-state index contributed by atoms with van der Waals surface area (Å²) in [6.45, 7) is 1.71. The zero-order chi connectivity index (χ0) is 16.2. The highest BCUT2D eigenvalue weighted by atomic mass is 35.5. The van der Waals surface area contributed by atoms with Crippen LogP contribution in [-0.2, 0) is 6.54 Å². The van der Waals surface area contributed by atoms with Crippen molar-refractivity contribution in [3.63, 3.8) is 0 Å². The Balaban J connectivity index is 2.08. The maximum Gasteiger partial charge on any atom is 0.116 e. The van der Waals surface area contributed by atoms with E-state index in [1.807, 2.05) is 41.2 Å². The molecule has 2 aromatic heterocycles. The van der Waals surface area contributed by atoms with Crippen LogP contribution in [0.15, 0.2) is 49.1 Å². The van der Waals surface area contributed by atoms with Crippen molar-refractivity contribution in [2.24, 2.45) is 0 Å². The summed E-state index contributed by atoms with van der Waals surface area (Å²) in [6.07, 6.45) is 5.16. The Hall–Kier alpha value is -2.24. The third kappa shape index (κ3) is 3.57. The van der Waals surface area contributed by atoms with Crippen molar-refractivity contribution in [3.8, 4) is 22.5 Å². The average Bonchev–Trinajstić information content (AvgIpc) is 2.98. The summed E-state index contributed by atoms with van der Waals surface area (Å²) in [7, 11) is 4.10. The van der Waals surface area contributed by atoms with Gasteiger partial charge in [0.1, 0.15) is 6.33 Å². The third-order valence-electron chi connectivity index (χ3n) is 3.57.